The molecule has 2 aromatic rings. The molecule has 0 spiro atoms. The van der Waals surface area contributed by atoms with Gasteiger partial charge in [0.2, 0.25) is 0 Å². The van der Waals surface area contributed by atoms with Gasteiger partial charge in [-0.25, -0.2) is 8.42 Å². The summed E-state index contributed by atoms with van der Waals surface area (Å²) in [5.74, 6) is 0.0847. The molecule has 1 saturated carbocycles. The van der Waals surface area contributed by atoms with E-state index in [4.69, 9.17) is 0 Å². The standard InChI is InChI=1S/C18H19NO3S/c1-12-6-8-14(9-7-12)23(21,22)19-17-5-3-2-4-15(17)16-10-13(20)11-18(16)19/h2-9,13,16,18,20H,10-11H2,1H3/t13-,16+,18+/m1/s1. The first kappa shape index (κ1) is 14.7. The van der Waals surface area contributed by atoms with Gasteiger partial charge in [-0.15, -0.1) is 0 Å². The number of aryl methyl sites for hydroxylation is 1. The van der Waals surface area contributed by atoms with E-state index in [1.807, 2.05) is 43.3 Å². The fourth-order valence-electron chi connectivity index (χ4n) is 3.89. The molecule has 1 aliphatic carbocycles. The number of fused-ring (bicyclic) bond motifs is 3. The zero-order chi connectivity index (χ0) is 16.2. The van der Waals surface area contributed by atoms with E-state index in [1.165, 1.54) is 4.31 Å². The second-order valence-corrected chi connectivity index (χ2v) is 8.29. The number of benzene rings is 2. The van der Waals surface area contributed by atoms with Gasteiger partial charge in [0.25, 0.3) is 10.0 Å². The average molecular weight is 329 g/mol. The zero-order valence-corrected chi connectivity index (χ0v) is 13.7. The SMILES string of the molecule is Cc1ccc(S(=O)(=O)N2c3ccccc3[C@@H]3C[C@@H](O)C[C@@H]32)cc1. The molecule has 1 heterocycles. The minimum atomic E-state index is -3.62. The third kappa shape index (κ3) is 2.18. The van der Waals surface area contributed by atoms with Gasteiger partial charge in [-0.2, -0.15) is 0 Å². The fraction of sp³-hybridized carbons (Fsp3) is 0.333. The van der Waals surface area contributed by atoms with Crippen LogP contribution in [0.4, 0.5) is 5.69 Å². The Kier molecular flexibility index (Phi) is 3.25. The van der Waals surface area contributed by atoms with Crippen LogP contribution in [0.25, 0.3) is 0 Å². The number of sulfonamides is 1. The Morgan fingerprint density at radius 2 is 1.74 bits per heavy atom. The molecule has 3 atom stereocenters. The molecule has 4 nitrogen and oxygen atoms in total. The van der Waals surface area contributed by atoms with Crippen molar-refractivity contribution in [2.45, 2.75) is 42.7 Å². The maximum atomic E-state index is 13.2. The van der Waals surface area contributed by atoms with E-state index in [0.29, 0.717) is 17.7 Å². The molecule has 0 aromatic heterocycles. The highest BCUT2D eigenvalue weighted by Crippen LogP contribution is 2.51. The molecule has 1 N–H and O–H groups in total. The lowest BCUT2D eigenvalue weighted by atomic mass is 9.98. The molecule has 0 saturated heterocycles. The summed E-state index contributed by atoms with van der Waals surface area (Å²) in [5, 5.41) is 10.0. The monoisotopic (exact) mass is 329 g/mol. The van der Waals surface area contributed by atoms with E-state index in [0.717, 1.165) is 16.8 Å². The van der Waals surface area contributed by atoms with Crippen LogP contribution in [0.15, 0.2) is 53.4 Å². The maximum absolute atomic E-state index is 13.2. The van der Waals surface area contributed by atoms with Crippen molar-refractivity contribution in [3.63, 3.8) is 0 Å². The van der Waals surface area contributed by atoms with Crippen LogP contribution in [0.5, 0.6) is 0 Å². The Balaban J connectivity index is 1.85. The molecule has 0 radical (unpaired) electrons. The van der Waals surface area contributed by atoms with E-state index in [2.05, 4.69) is 0 Å². The van der Waals surface area contributed by atoms with Crippen molar-refractivity contribution in [1.29, 1.82) is 0 Å². The molecule has 23 heavy (non-hydrogen) atoms. The Morgan fingerprint density at radius 1 is 1.04 bits per heavy atom. The topological polar surface area (TPSA) is 57.6 Å². The Labute approximate surface area is 136 Å². The Morgan fingerprint density at radius 3 is 2.48 bits per heavy atom. The quantitative estimate of drug-likeness (QED) is 0.922. The van der Waals surface area contributed by atoms with Crippen molar-refractivity contribution in [2.75, 3.05) is 4.31 Å². The normalized spacial score (nSPS) is 26.2. The first-order chi connectivity index (χ1) is 11.0. The number of aliphatic hydroxyl groups is 1. The summed E-state index contributed by atoms with van der Waals surface area (Å²) in [4.78, 5) is 0.306. The van der Waals surface area contributed by atoms with E-state index < -0.39 is 16.1 Å². The molecule has 120 valence electrons. The minimum Gasteiger partial charge on any atom is -0.393 e. The second kappa shape index (κ2) is 5.08. The van der Waals surface area contributed by atoms with Crippen molar-refractivity contribution >= 4 is 15.7 Å². The van der Waals surface area contributed by atoms with Crippen LogP contribution >= 0.6 is 0 Å². The zero-order valence-electron chi connectivity index (χ0n) is 12.9. The summed E-state index contributed by atoms with van der Waals surface area (Å²) >= 11 is 0. The summed E-state index contributed by atoms with van der Waals surface area (Å²) in [6.45, 7) is 1.94. The van der Waals surface area contributed by atoms with Crippen molar-refractivity contribution in [3.8, 4) is 0 Å². The summed E-state index contributed by atoms with van der Waals surface area (Å²) in [6.07, 6.45) is 0.681. The van der Waals surface area contributed by atoms with Crippen LogP contribution in [-0.2, 0) is 10.0 Å². The van der Waals surface area contributed by atoms with Gasteiger partial charge in [0.15, 0.2) is 0 Å². The molecule has 2 aromatic carbocycles. The largest absolute Gasteiger partial charge is 0.393 e. The third-order valence-electron chi connectivity index (χ3n) is 4.96. The summed E-state index contributed by atoms with van der Waals surface area (Å²) in [5.41, 5.74) is 2.82. The predicted molar refractivity (Wildman–Crippen MR) is 89.1 cm³/mol. The lowest BCUT2D eigenvalue weighted by Crippen LogP contribution is -2.37. The van der Waals surface area contributed by atoms with Gasteiger partial charge in [0.1, 0.15) is 0 Å². The first-order valence-corrected chi connectivity index (χ1v) is 9.30. The molecule has 0 amide bonds. The molecule has 2 aliphatic rings. The number of hydrogen-bond acceptors (Lipinski definition) is 3. The fourth-order valence-corrected chi connectivity index (χ4v) is 5.62. The third-order valence-corrected chi connectivity index (χ3v) is 6.81. The number of nitrogens with zero attached hydrogens (tertiary/aromatic N) is 1. The van der Waals surface area contributed by atoms with Gasteiger partial charge in [-0.05, 0) is 43.5 Å². The molecule has 5 heteroatoms. The van der Waals surface area contributed by atoms with E-state index in [9.17, 15) is 13.5 Å². The molecule has 1 aliphatic heterocycles. The van der Waals surface area contributed by atoms with Crippen LogP contribution in [0.3, 0.4) is 0 Å². The van der Waals surface area contributed by atoms with Crippen LogP contribution in [0.2, 0.25) is 0 Å². The summed E-state index contributed by atoms with van der Waals surface area (Å²) < 4.78 is 27.9. The maximum Gasteiger partial charge on any atom is 0.264 e. The second-order valence-electron chi connectivity index (χ2n) is 6.47. The summed E-state index contributed by atoms with van der Waals surface area (Å²) in [6, 6.07) is 14.4. The first-order valence-electron chi connectivity index (χ1n) is 7.86. The van der Waals surface area contributed by atoms with Gasteiger partial charge in [0, 0.05) is 5.92 Å². The van der Waals surface area contributed by atoms with Gasteiger partial charge in [0.05, 0.1) is 22.7 Å². The molecular formula is C18H19NO3S. The summed E-state index contributed by atoms with van der Waals surface area (Å²) in [7, 11) is -3.62. The minimum absolute atomic E-state index is 0.0847. The number of para-hydroxylation sites is 1. The van der Waals surface area contributed by atoms with Gasteiger partial charge in [-0.3, -0.25) is 4.31 Å². The van der Waals surface area contributed by atoms with Gasteiger partial charge in [-0.1, -0.05) is 35.9 Å². The highest BCUT2D eigenvalue weighted by Gasteiger charge is 2.49. The number of aliphatic hydroxyl groups excluding tert-OH is 1. The van der Waals surface area contributed by atoms with E-state index in [-0.39, 0.29) is 12.0 Å². The molecular weight excluding hydrogens is 310 g/mol. The Bertz CT molecular complexity index is 845. The van der Waals surface area contributed by atoms with Crippen molar-refractivity contribution in [1.82, 2.24) is 0 Å². The smallest absolute Gasteiger partial charge is 0.264 e. The van der Waals surface area contributed by atoms with Gasteiger partial charge >= 0.3 is 0 Å². The van der Waals surface area contributed by atoms with Crippen LogP contribution < -0.4 is 4.31 Å². The van der Waals surface area contributed by atoms with Gasteiger partial charge < -0.3 is 5.11 Å². The van der Waals surface area contributed by atoms with Crippen LogP contribution in [0, 0.1) is 6.92 Å². The lowest BCUT2D eigenvalue weighted by molar-refractivity contribution is 0.179. The highest BCUT2D eigenvalue weighted by atomic mass is 32.2. The van der Waals surface area contributed by atoms with Crippen LogP contribution in [-0.4, -0.2) is 25.7 Å². The van der Waals surface area contributed by atoms with E-state index in [1.54, 1.807) is 12.1 Å². The van der Waals surface area contributed by atoms with Crippen molar-refractivity contribution in [3.05, 3.63) is 59.7 Å². The molecule has 4 rings (SSSR count). The van der Waals surface area contributed by atoms with E-state index >= 15 is 0 Å². The van der Waals surface area contributed by atoms with Crippen LogP contribution in [0.1, 0.15) is 29.9 Å². The lowest BCUT2D eigenvalue weighted by Gasteiger charge is -2.26. The van der Waals surface area contributed by atoms with Crippen molar-refractivity contribution < 1.29 is 13.5 Å². The molecule has 1 fully saturated rings. The van der Waals surface area contributed by atoms with Crippen molar-refractivity contribution in [2.24, 2.45) is 0 Å². The number of rotatable bonds is 2. The average Bonchev–Trinajstić information content (AvgIpc) is 3.02. The number of anilines is 1. The molecule has 0 unspecified atom stereocenters. The number of hydrogen-bond donors (Lipinski definition) is 1. The molecule has 0 bridgehead atoms. The Hall–Kier alpha value is -1.85. The highest BCUT2D eigenvalue weighted by molar-refractivity contribution is 7.92. The predicted octanol–water partition coefficient (Wildman–Crippen LogP) is 2.81.